The largest absolute Gasteiger partial charge is 0.472 e. The maximum Gasteiger partial charge on any atom is 0.472 e. The van der Waals surface area contributed by atoms with Gasteiger partial charge in [0.05, 0.1) is 26.4 Å². The first kappa shape index (κ1) is 102. The van der Waals surface area contributed by atoms with E-state index in [0.717, 1.165) is 102 Å². The third kappa shape index (κ3) is 75.5. The van der Waals surface area contributed by atoms with Crippen LogP contribution in [0.4, 0.5) is 0 Å². The molecule has 0 radical (unpaired) electrons. The standard InChI is InChI=1S/C85H166O17P2/c1-7-11-13-15-17-19-21-23-25-27-29-30-32-34-36-38-40-42-51-57-63-69-84(89)101-80(73-95-82(87)67-61-55-49-41-39-37-35-33-31-28-26-24-22-20-18-16-14-12-8-2)75-99-103(91,92)97-71-79(86)72-98-104(93,94)100-76-81(102-85(90)70-64-58-52-46-44-48-54-60-66-78(6)10-4)74-96-83(88)68-62-56-50-45-43-47-53-59-65-77(5)9-3/h77-81,86H,7-76H2,1-6H3,(H,91,92)(H,93,94)/t77?,78?,79-,80-,81-/m1/s1. The van der Waals surface area contributed by atoms with Crippen molar-refractivity contribution in [3.63, 3.8) is 0 Å². The second-order valence-electron chi connectivity index (χ2n) is 31.1. The van der Waals surface area contributed by atoms with Crippen molar-refractivity contribution in [3.8, 4) is 0 Å². The Labute approximate surface area is 638 Å². The number of aliphatic hydroxyl groups is 1. The fraction of sp³-hybridized carbons (Fsp3) is 0.953. The van der Waals surface area contributed by atoms with Crippen molar-refractivity contribution in [1.82, 2.24) is 0 Å². The number of phosphoric ester groups is 2. The summed E-state index contributed by atoms with van der Waals surface area (Å²) in [4.78, 5) is 73.2. The highest BCUT2D eigenvalue weighted by Crippen LogP contribution is 2.45. The molecule has 0 amide bonds. The zero-order valence-corrected chi connectivity index (χ0v) is 70.1. The smallest absolute Gasteiger partial charge is 0.462 e. The van der Waals surface area contributed by atoms with Gasteiger partial charge < -0.3 is 33.8 Å². The maximum absolute atomic E-state index is 13.1. The molecule has 4 unspecified atom stereocenters. The van der Waals surface area contributed by atoms with Gasteiger partial charge in [-0.15, -0.1) is 0 Å². The minimum Gasteiger partial charge on any atom is -0.462 e. The normalized spacial score (nSPS) is 14.4. The first-order valence-corrected chi connectivity index (χ1v) is 47.1. The van der Waals surface area contributed by atoms with Crippen LogP contribution in [0.5, 0.6) is 0 Å². The van der Waals surface area contributed by atoms with Crippen LogP contribution < -0.4 is 0 Å². The summed E-state index contributed by atoms with van der Waals surface area (Å²) in [6, 6.07) is 0. The molecule has 0 aliphatic rings. The second kappa shape index (κ2) is 76.4. The Morgan fingerprint density at radius 2 is 0.462 bits per heavy atom. The predicted octanol–water partition coefficient (Wildman–Crippen LogP) is 25.8. The Balaban J connectivity index is 5.23. The van der Waals surface area contributed by atoms with Crippen LogP contribution in [-0.2, 0) is 65.4 Å². The van der Waals surface area contributed by atoms with E-state index in [1.165, 1.54) is 270 Å². The third-order valence-electron chi connectivity index (χ3n) is 20.7. The zero-order chi connectivity index (χ0) is 76.4. The number of aliphatic hydroxyl groups excluding tert-OH is 1. The van der Waals surface area contributed by atoms with E-state index >= 15 is 0 Å². The molecule has 17 nitrogen and oxygen atoms in total. The van der Waals surface area contributed by atoms with Crippen molar-refractivity contribution in [1.29, 1.82) is 0 Å². The topological polar surface area (TPSA) is 237 Å². The molecule has 0 aromatic carbocycles. The number of esters is 4. The average molecular weight is 1520 g/mol. The lowest BCUT2D eigenvalue weighted by Crippen LogP contribution is -2.30. The van der Waals surface area contributed by atoms with Gasteiger partial charge in [-0.05, 0) is 37.5 Å². The molecule has 3 N–H and O–H groups in total. The molecule has 0 spiro atoms. The molecule has 0 saturated carbocycles. The maximum atomic E-state index is 13.1. The van der Waals surface area contributed by atoms with Crippen molar-refractivity contribution in [2.24, 2.45) is 11.8 Å². The third-order valence-corrected chi connectivity index (χ3v) is 22.6. The van der Waals surface area contributed by atoms with E-state index in [1.54, 1.807) is 0 Å². The second-order valence-corrected chi connectivity index (χ2v) is 34.0. The number of ether oxygens (including phenoxy) is 4. The fourth-order valence-corrected chi connectivity index (χ4v) is 14.8. The SMILES string of the molecule is CCCCCCCCCCCCCCCCCCCCCCCC(=O)O[C@H](COC(=O)CCCCCCCCCCCCCCCCCCCCC)COP(=O)(O)OC[C@@H](O)COP(=O)(O)OC[C@@H](COC(=O)CCCCCCCCCCC(C)CC)OC(=O)CCCCCCCCCCC(C)CC. The van der Waals surface area contributed by atoms with E-state index in [2.05, 4.69) is 41.5 Å². The monoisotopic (exact) mass is 1520 g/mol. The van der Waals surface area contributed by atoms with Crippen LogP contribution in [-0.4, -0.2) is 96.7 Å². The average Bonchev–Trinajstić information content (AvgIpc) is 0.912. The van der Waals surface area contributed by atoms with Crippen LogP contribution in [0.25, 0.3) is 0 Å². The number of rotatable bonds is 84. The van der Waals surface area contributed by atoms with E-state index in [0.29, 0.717) is 25.7 Å². The molecule has 0 fully saturated rings. The number of unbranched alkanes of at least 4 members (excludes halogenated alkanes) is 52. The van der Waals surface area contributed by atoms with Gasteiger partial charge in [0.25, 0.3) is 0 Å². The molecule has 0 aliphatic carbocycles. The quantitative estimate of drug-likeness (QED) is 0.0222. The van der Waals surface area contributed by atoms with Gasteiger partial charge in [-0.2, -0.15) is 0 Å². The van der Waals surface area contributed by atoms with Crippen molar-refractivity contribution in [3.05, 3.63) is 0 Å². The lowest BCUT2D eigenvalue weighted by Gasteiger charge is -2.21. The summed E-state index contributed by atoms with van der Waals surface area (Å²) < 4.78 is 68.9. The summed E-state index contributed by atoms with van der Waals surface area (Å²) in [6.45, 7) is 9.65. The van der Waals surface area contributed by atoms with Crippen molar-refractivity contribution < 1.29 is 80.2 Å². The lowest BCUT2D eigenvalue weighted by atomic mass is 9.99. The molecule has 0 saturated heterocycles. The fourth-order valence-electron chi connectivity index (χ4n) is 13.2. The van der Waals surface area contributed by atoms with Gasteiger partial charge in [0.1, 0.15) is 19.3 Å². The Kier molecular flexibility index (Phi) is 75.0. The number of carbonyl (C=O) groups excluding carboxylic acids is 4. The molecule has 0 bridgehead atoms. The van der Waals surface area contributed by atoms with Crippen LogP contribution in [0.15, 0.2) is 0 Å². The number of carbonyl (C=O) groups is 4. The van der Waals surface area contributed by atoms with Crippen LogP contribution in [0.3, 0.4) is 0 Å². The zero-order valence-electron chi connectivity index (χ0n) is 68.3. The molecule has 104 heavy (non-hydrogen) atoms. The Bertz CT molecular complexity index is 2000. The van der Waals surface area contributed by atoms with Crippen molar-refractivity contribution in [2.45, 2.75) is 471 Å². The van der Waals surface area contributed by atoms with Gasteiger partial charge in [-0.1, -0.05) is 401 Å². The summed E-state index contributed by atoms with van der Waals surface area (Å²) in [5.74, 6) is -0.560. The van der Waals surface area contributed by atoms with Crippen LogP contribution in [0.2, 0.25) is 0 Å². The van der Waals surface area contributed by atoms with E-state index in [9.17, 15) is 43.2 Å². The van der Waals surface area contributed by atoms with Gasteiger partial charge in [-0.3, -0.25) is 37.3 Å². The Morgan fingerprint density at radius 1 is 0.269 bits per heavy atom. The minimum atomic E-state index is -4.97. The van der Waals surface area contributed by atoms with Crippen molar-refractivity contribution >= 4 is 39.5 Å². The molecule has 19 heteroatoms. The molecular weight excluding hydrogens is 1350 g/mol. The van der Waals surface area contributed by atoms with Crippen LogP contribution in [0.1, 0.15) is 452 Å². The van der Waals surface area contributed by atoms with Gasteiger partial charge >= 0.3 is 39.5 Å². The number of hydrogen-bond acceptors (Lipinski definition) is 15. The van der Waals surface area contributed by atoms with E-state index in [1.807, 2.05) is 0 Å². The lowest BCUT2D eigenvalue weighted by molar-refractivity contribution is -0.161. The van der Waals surface area contributed by atoms with Crippen LogP contribution in [0, 0.1) is 11.8 Å². The van der Waals surface area contributed by atoms with Gasteiger partial charge in [0, 0.05) is 25.7 Å². The molecule has 618 valence electrons. The summed E-state index contributed by atoms with van der Waals surface area (Å²) >= 11 is 0. The Hall–Kier alpha value is -1.94. The molecule has 0 aromatic heterocycles. The van der Waals surface area contributed by atoms with Gasteiger partial charge in [-0.25, -0.2) is 9.13 Å². The molecular formula is C85H166O17P2. The minimum absolute atomic E-state index is 0.105. The number of hydrogen-bond donors (Lipinski definition) is 3. The van der Waals surface area contributed by atoms with E-state index in [-0.39, 0.29) is 25.7 Å². The molecule has 0 aliphatic heterocycles. The molecule has 0 rings (SSSR count). The van der Waals surface area contributed by atoms with E-state index < -0.39 is 97.5 Å². The Morgan fingerprint density at radius 3 is 0.683 bits per heavy atom. The highest BCUT2D eigenvalue weighted by atomic mass is 31.2. The number of phosphoric acid groups is 2. The van der Waals surface area contributed by atoms with Gasteiger partial charge in [0.15, 0.2) is 12.2 Å². The molecule has 0 aromatic rings. The predicted molar refractivity (Wildman–Crippen MR) is 428 cm³/mol. The summed E-state index contributed by atoms with van der Waals surface area (Å²) in [5.41, 5.74) is 0. The first-order valence-electron chi connectivity index (χ1n) is 44.1. The van der Waals surface area contributed by atoms with Crippen molar-refractivity contribution in [2.75, 3.05) is 39.6 Å². The first-order chi connectivity index (χ1) is 50.4. The van der Waals surface area contributed by atoms with Crippen LogP contribution >= 0.6 is 15.6 Å². The van der Waals surface area contributed by atoms with E-state index in [4.69, 9.17) is 37.0 Å². The summed E-state index contributed by atoms with van der Waals surface area (Å²) in [5, 5.41) is 10.7. The molecule has 0 heterocycles. The highest BCUT2D eigenvalue weighted by molar-refractivity contribution is 7.47. The highest BCUT2D eigenvalue weighted by Gasteiger charge is 2.30. The summed E-state index contributed by atoms with van der Waals surface area (Å²) in [7, 11) is -9.93. The van der Waals surface area contributed by atoms with Gasteiger partial charge in [0.2, 0.25) is 0 Å². The summed E-state index contributed by atoms with van der Waals surface area (Å²) in [6.07, 6.45) is 68.1. The molecule has 7 atom stereocenters.